The summed E-state index contributed by atoms with van der Waals surface area (Å²) < 4.78 is 0. The molecular weight excluding hydrogens is 222 g/mol. The molecule has 0 spiro atoms. The van der Waals surface area contributed by atoms with Crippen LogP contribution in [0.1, 0.15) is 29.8 Å². The van der Waals surface area contributed by atoms with Gasteiger partial charge in [0.1, 0.15) is 0 Å². The van der Waals surface area contributed by atoms with Crippen LogP contribution in [0.3, 0.4) is 0 Å². The van der Waals surface area contributed by atoms with Gasteiger partial charge in [-0.3, -0.25) is 9.97 Å². The van der Waals surface area contributed by atoms with Crippen molar-refractivity contribution in [3.8, 4) is 0 Å². The molecule has 1 unspecified atom stereocenters. The summed E-state index contributed by atoms with van der Waals surface area (Å²) in [4.78, 5) is 8.31. The topological polar surface area (TPSA) is 37.8 Å². The molecule has 0 aliphatic heterocycles. The van der Waals surface area contributed by atoms with Crippen LogP contribution in [0.15, 0.2) is 42.9 Å². The smallest absolute Gasteiger partial charge is 0.0375 e. The summed E-state index contributed by atoms with van der Waals surface area (Å²) in [6, 6.07) is 8.70. The molecule has 0 saturated heterocycles. The SMILES string of the molecule is CCNC(Cc1ccncc1)c1ccnc(C)c1. The van der Waals surface area contributed by atoms with Crippen molar-refractivity contribution in [3.05, 3.63) is 59.7 Å². The van der Waals surface area contributed by atoms with Crippen LogP contribution in [0.25, 0.3) is 0 Å². The van der Waals surface area contributed by atoms with Crippen LogP contribution in [0.2, 0.25) is 0 Å². The Morgan fingerprint density at radius 1 is 1.17 bits per heavy atom. The molecular formula is C15H19N3. The quantitative estimate of drug-likeness (QED) is 0.874. The second-order valence-corrected chi connectivity index (χ2v) is 4.40. The van der Waals surface area contributed by atoms with E-state index in [-0.39, 0.29) is 0 Å². The van der Waals surface area contributed by atoms with Gasteiger partial charge in [-0.15, -0.1) is 0 Å². The summed E-state index contributed by atoms with van der Waals surface area (Å²) in [5.74, 6) is 0. The van der Waals surface area contributed by atoms with E-state index in [9.17, 15) is 0 Å². The molecule has 2 aromatic heterocycles. The first-order valence-corrected chi connectivity index (χ1v) is 6.34. The zero-order valence-corrected chi connectivity index (χ0v) is 10.9. The summed E-state index contributed by atoms with van der Waals surface area (Å²) >= 11 is 0. The van der Waals surface area contributed by atoms with Gasteiger partial charge in [-0.25, -0.2) is 0 Å². The van der Waals surface area contributed by atoms with Gasteiger partial charge in [0.25, 0.3) is 0 Å². The average Bonchev–Trinajstić information content (AvgIpc) is 2.39. The number of likely N-dealkylation sites (N-methyl/N-ethyl adjacent to an activating group) is 1. The number of nitrogens with one attached hydrogen (secondary N) is 1. The fraction of sp³-hybridized carbons (Fsp3) is 0.333. The number of pyridine rings is 2. The van der Waals surface area contributed by atoms with Crippen LogP contribution in [0.5, 0.6) is 0 Å². The zero-order valence-electron chi connectivity index (χ0n) is 10.9. The van der Waals surface area contributed by atoms with Gasteiger partial charge in [-0.2, -0.15) is 0 Å². The van der Waals surface area contributed by atoms with E-state index in [1.807, 2.05) is 25.5 Å². The van der Waals surface area contributed by atoms with E-state index < -0.39 is 0 Å². The van der Waals surface area contributed by atoms with E-state index in [4.69, 9.17) is 0 Å². The van der Waals surface area contributed by atoms with E-state index in [1.165, 1.54) is 11.1 Å². The molecule has 0 fully saturated rings. The maximum atomic E-state index is 4.25. The Morgan fingerprint density at radius 3 is 2.61 bits per heavy atom. The molecule has 0 amide bonds. The van der Waals surface area contributed by atoms with Gasteiger partial charge in [0, 0.05) is 30.3 Å². The Balaban J connectivity index is 2.18. The first kappa shape index (κ1) is 12.7. The molecule has 0 radical (unpaired) electrons. The molecule has 2 heterocycles. The van der Waals surface area contributed by atoms with E-state index in [2.05, 4.69) is 46.5 Å². The second-order valence-electron chi connectivity index (χ2n) is 4.40. The number of rotatable bonds is 5. The van der Waals surface area contributed by atoms with Crippen molar-refractivity contribution in [2.24, 2.45) is 0 Å². The molecule has 2 rings (SSSR count). The maximum Gasteiger partial charge on any atom is 0.0375 e. The summed E-state index contributed by atoms with van der Waals surface area (Å²) in [6.45, 7) is 5.11. The molecule has 3 heteroatoms. The third kappa shape index (κ3) is 3.37. The van der Waals surface area contributed by atoms with Crippen molar-refractivity contribution < 1.29 is 0 Å². The largest absolute Gasteiger partial charge is 0.310 e. The van der Waals surface area contributed by atoms with Gasteiger partial charge < -0.3 is 5.32 Å². The summed E-state index contributed by atoms with van der Waals surface area (Å²) in [5.41, 5.74) is 3.65. The Hall–Kier alpha value is -1.74. The van der Waals surface area contributed by atoms with Gasteiger partial charge in [0.15, 0.2) is 0 Å². The molecule has 2 aromatic rings. The lowest BCUT2D eigenvalue weighted by atomic mass is 10.00. The number of aryl methyl sites for hydroxylation is 1. The molecule has 0 bridgehead atoms. The molecule has 0 aliphatic carbocycles. The lowest BCUT2D eigenvalue weighted by Crippen LogP contribution is -2.23. The molecule has 18 heavy (non-hydrogen) atoms. The monoisotopic (exact) mass is 241 g/mol. The van der Waals surface area contributed by atoms with Crippen molar-refractivity contribution in [2.75, 3.05) is 6.54 Å². The van der Waals surface area contributed by atoms with E-state index in [0.717, 1.165) is 18.7 Å². The standard InChI is InChI=1S/C15H19N3/c1-3-17-15(11-13-4-7-16-8-5-13)14-6-9-18-12(2)10-14/h4-10,15,17H,3,11H2,1-2H3. The minimum absolute atomic E-state index is 0.332. The van der Waals surface area contributed by atoms with Crippen LogP contribution in [0.4, 0.5) is 0 Å². The van der Waals surface area contributed by atoms with Gasteiger partial charge in [-0.05, 0) is 55.3 Å². The molecule has 0 aromatic carbocycles. The molecule has 3 nitrogen and oxygen atoms in total. The van der Waals surface area contributed by atoms with Crippen LogP contribution < -0.4 is 5.32 Å². The van der Waals surface area contributed by atoms with Crippen LogP contribution in [0, 0.1) is 6.92 Å². The fourth-order valence-corrected chi connectivity index (χ4v) is 2.09. The lowest BCUT2D eigenvalue weighted by molar-refractivity contribution is 0.548. The summed E-state index contributed by atoms with van der Waals surface area (Å²) in [7, 11) is 0. The maximum absolute atomic E-state index is 4.25. The normalized spacial score (nSPS) is 12.3. The van der Waals surface area contributed by atoms with Gasteiger partial charge in [0.2, 0.25) is 0 Å². The summed E-state index contributed by atoms with van der Waals surface area (Å²) in [5, 5.41) is 3.53. The highest BCUT2D eigenvalue weighted by atomic mass is 14.9. The highest BCUT2D eigenvalue weighted by molar-refractivity contribution is 5.23. The number of hydrogen-bond donors (Lipinski definition) is 1. The number of nitrogens with zero attached hydrogens (tertiary/aromatic N) is 2. The van der Waals surface area contributed by atoms with Crippen molar-refractivity contribution in [1.29, 1.82) is 0 Å². The van der Waals surface area contributed by atoms with E-state index in [1.54, 1.807) is 0 Å². The van der Waals surface area contributed by atoms with Crippen molar-refractivity contribution in [3.63, 3.8) is 0 Å². The predicted molar refractivity (Wildman–Crippen MR) is 73.3 cm³/mol. The van der Waals surface area contributed by atoms with Crippen LogP contribution in [-0.2, 0) is 6.42 Å². The van der Waals surface area contributed by atoms with Gasteiger partial charge in [-0.1, -0.05) is 6.92 Å². The molecule has 0 saturated carbocycles. The molecule has 1 atom stereocenters. The number of aromatic nitrogens is 2. The van der Waals surface area contributed by atoms with E-state index >= 15 is 0 Å². The minimum Gasteiger partial charge on any atom is -0.310 e. The predicted octanol–water partition coefficient (Wildman–Crippen LogP) is 2.68. The Bertz CT molecular complexity index is 482. The molecule has 94 valence electrons. The summed E-state index contributed by atoms with van der Waals surface area (Å²) in [6.07, 6.45) is 6.54. The Labute approximate surface area is 108 Å². The van der Waals surface area contributed by atoms with Gasteiger partial charge in [0.05, 0.1) is 0 Å². The fourth-order valence-electron chi connectivity index (χ4n) is 2.09. The second kappa shape index (κ2) is 6.26. The molecule has 1 N–H and O–H groups in total. The van der Waals surface area contributed by atoms with Crippen LogP contribution in [-0.4, -0.2) is 16.5 Å². The lowest BCUT2D eigenvalue weighted by Gasteiger charge is -2.18. The van der Waals surface area contributed by atoms with Crippen LogP contribution >= 0.6 is 0 Å². The third-order valence-corrected chi connectivity index (χ3v) is 2.96. The average molecular weight is 241 g/mol. The van der Waals surface area contributed by atoms with E-state index in [0.29, 0.717) is 6.04 Å². The highest BCUT2D eigenvalue weighted by Crippen LogP contribution is 2.18. The van der Waals surface area contributed by atoms with Crippen molar-refractivity contribution >= 4 is 0 Å². The zero-order chi connectivity index (χ0) is 12.8. The van der Waals surface area contributed by atoms with Gasteiger partial charge >= 0.3 is 0 Å². The van der Waals surface area contributed by atoms with Crippen molar-refractivity contribution in [1.82, 2.24) is 15.3 Å². The third-order valence-electron chi connectivity index (χ3n) is 2.96. The first-order valence-electron chi connectivity index (χ1n) is 6.34. The first-order chi connectivity index (χ1) is 8.79. The number of hydrogen-bond acceptors (Lipinski definition) is 3. The minimum atomic E-state index is 0.332. The Morgan fingerprint density at radius 2 is 1.94 bits per heavy atom. The highest BCUT2D eigenvalue weighted by Gasteiger charge is 2.11. The Kier molecular flexibility index (Phi) is 4.42. The molecule has 0 aliphatic rings. The van der Waals surface area contributed by atoms with Crippen molar-refractivity contribution in [2.45, 2.75) is 26.3 Å².